The zero-order valence-corrected chi connectivity index (χ0v) is 13.9. The van der Waals surface area contributed by atoms with Crippen LogP contribution in [-0.4, -0.2) is 31.5 Å². The van der Waals surface area contributed by atoms with Crippen LogP contribution in [0.3, 0.4) is 0 Å². The number of nitrogens with zero attached hydrogens (tertiary/aromatic N) is 1. The van der Waals surface area contributed by atoms with Crippen LogP contribution in [-0.2, 0) is 16.0 Å². The maximum absolute atomic E-state index is 13.0. The van der Waals surface area contributed by atoms with Gasteiger partial charge in [0.05, 0.1) is 12.2 Å². The molecule has 0 bridgehead atoms. The molecule has 1 N–H and O–H groups in total. The largest absolute Gasteiger partial charge is 0.477 e. The Kier molecular flexibility index (Phi) is 4.97. The molecule has 0 saturated heterocycles. The van der Waals surface area contributed by atoms with Crippen molar-refractivity contribution in [3.05, 3.63) is 59.9 Å². The van der Waals surface area contributed by atoms with Crippen molar-refractivity contribution in [3.8, 4) is 5.75 Å². The van der Waals surface area contributed by atoms with E-state index in [2.05, 4.69) is 5.32 Å². The first-order valence-corrected chi connectivity index (χ1v) is 8.10. The van der Waals surface area contributed by atoms with Crippen molar-refractivity contribution in [2.24, 2.45) is 0 Å². The summed E-state index contributed by atoms with van der Waals surface area (Å²) in [5.74, 6) is -0.164. The van der Waals surface area contributed by atoms with Gasteiger partial charge in [-0.2, -0.15) is 0 Å². The Morgan fingerprint density at radius 1 is 1.20 bits per heavy atom. The Hall–Kier alpha value is -2.89. The summed E-state index contributed by atoms with van der Waals surface area (Å²) in [6, 6.07) is 13.3. The van der Waals surface area contributed by atoms with E-state index in [4.69, 9.17) is 4.74 Å². The van der Waals surface area contributed by atoms with Crippen molar-refractivity contribution in [2.45, 2.75) is 18.9 Å². The van der Waals surface area contributed by atoms with Gasteiger partial charge in [-0.25, -0.2) is 4.39 Å². The summed E-state index contributed by atoms with van der Waals surface area (Å²) in [6.45, 7) is 0.166. The van der Waals surface area contributed by atoms with Gasteiger partial charge in [-0.15, -0.1) is 0 Å². The van der Waals surface area contributed by atoms with Gasteiger partial charge in [-0.3, -0.25) is 9.59 Å². The molecule has 2 aromatic rings. The highest BCUT2D eigenvalue weighted by Crippen LogP contribution is 2.33. The van der Waals surface area contributed by atoms with Crippen LogP contribution in [0.5, 0.6) is 5.75 Å². The van der Waals surface area contributed by atoms with Crippen LogP contribution in [0.4, 0.5) is 10.1 Å². The number of fused-ring (bicyclic) bond motifs is 1. The molecule has 1 aliphatic rings. The molecule has 0 aliphatic carbocycles. The fourth-order valence-corrected chi connectivity index (χ4v) is 2.81. The number of halogens is 1. The maximum Gasteiger partial charge on any atom is 0.262 e. The van der Waals surface area contributed by atoms with Crippen LogP contribution in [0.1, 0.15) is 12.0 Å². The molecule has 130 valence electrons. The molecule has 6 heteroatoms. The second kappa shape index (κ2) is 7.34. The number of hydrogen-bond acceptors (Lipinski definition) is 3. The van der Waals surface area contributed by atoms with E-state index in [1.807, 2.05) is 6.07 Å². The van der Waals surface area contributed by atoms with E-state index in [1.54, 1.807) is 35.2 Å². The third-order valence-corrected chi connectivity index (χ3v) is 4.15. The topological polar surface area (TPSA) is 58.6 Å². The van der Waals surface area contributed by atoms with E-state index in [-0.39, 0.29) is 30.6 Å². The number of carbonyl (C=O) groups is 2. The van der Waals surface area contributed by atoms with Crippen molar-refractivity contribution < 1.29 is 18.7 Å². The lowest BCUT2D eigenvalue weighted by Gasteiger charge is -2.34. The zero-order chi connectivity index (χ0) is 17.8. The van der Waals surface area contributed by atoms with Gasteiger partial charge in [0.1, 0.15) is 11.6 Å². The minimum atomic E-state index is -0.741. The van der Waals surface area contributed by atoms with Crippen LogP contribution in [0.2, 0.25) is 0 Å². The number of benzene rings is 2. The monoisotopic (exact) mass is 342 g/mol. The molecular formula is C19H19FN2O3. The summed E-state index contributed by atoms with van der Waals surface area (Å²) in [4.78, 5) is 26.3. The lowest BCUT2D eigenvalue weighted by atomic mass is 10.1. The molecule has 0 aromatic heterocycles. The Labute approximate surface area is 145 Å². The predicted octanol–water partition coefficient (Wildman–Crippen LogP) is 2.30. The van der Waals surface area contributed by atoms with Crippen LogP contribution in [0, 0.1) is 5.82 Å². The number of amides is 2. The van der Waals surface area contributed by atoms with Crippen LogP contribution < -0.4 is 15.0 Å². The van der Waals surface area contributed by atoms with Gasteiger partial charge in [0, 0.05) is 13.5 Å². The Morgan fingerprint density at radius 3 is 2.64 bits per heavy atom. The van der Waals surface area contributed by atoms with Gasteiger partial charge < -0.3 is 15.0 Å². The van der Waals surface area contributed by atoms with Crippen LogP contribution in [0.15, 0.2) is 48.5 Å². The molecule has 0 radical (unpaired) electrons. The fraction of sp³-hybridized carbons (Fsp3) is 0.263. The van der Waals surface area contributed by atoms with E-state index < -0.39 is 6.10 Å². The molecule has 1 atom stereocenters. The Morgan fingerprint density at radius 2 is 1.92 bits per heavy atom. The number of ether oxygens (including phenoxy) is 1. The molecule has 2 amide bonds. The highest BCUT2D eigenvalue weighted by Gasteiger charge is 2.32. The predicted molar refractivity (Wildman–Crippen MR) is 92.0 cm³/mol. The summed E-state index contributed by atoms with van der Waals surface area (Å²) < 4.78 is 18.7. The van der Waals surface area contributed by atoms with Gasteiger partial charge in [0.15, 0.2) is 6.10 Å². The first-order valence-electron chi connectivity index (χ1n) is 8.10. The highest BCUT2D eigenvalue weighted by molar-refractivity contribution is 5.97. The molecule has 1 heterocycles. The average molecular weight is 342 g/mol. The Balaban J connectivity index is 1.75. The van der Waals surface area contributed by atoms with Gasteiger partial charge in [0.2, 0.25) is 5.91 Å². The van der Waals surface area contributed by atoms with E-state index in [0.717, 1.165) is 5.56 Å². The third kappa shape index (κ3) is 3.79. The average Bonchev–Trinajstić information content (AvgIpc) is 2.65. The highest BCUT2D eigenvalue weighted by atomic mass is 19.1. The van der Waals surface area contributed by atoms with E-state index in [9.17, 15) is 14.0 Å². The summed E-state index contributed by atoms with van der Waals surface area (Å²) in [7, 11) is 1.53. The van der Waals surface area contributed by atoms with Crippen LogP contribution >= 0.6 is 0 Å². The Bertz CT molecular complexity index is 776. The normalized spacial score (nSPS) is 15.9. The number of aryl methyl sites for hydroxylation is 1. The quantitative estimate of drug-likeness (QED) is 0.927. The minimum Gasteiger partial charge on any atom is -0.477 e. The number of carbonyl (C=O) groups excluding carboxylic acids is 2. The SMILES string of the molecule is CNC(=O)[C@@H]1CN(C(=O)CCc2ccc(F)cc2)c2ccccc2O1. The smallest absolute Gasteiger partial charge is 0.262 e. The van der Waals surface area contributed by atoms with Gasteiger partial charge in [0.25, 0.3) is 5.91 Å². The molecule has 25 heavy (non-hydrogen) atoms. The maximum atomic E-state index is 13.0. The summed E-state index contributed by atoms with van der Waals surface area (Å²) in [5, 5.41) is 2.55. The minimum absolute atomic E-state index is 0.103. The molecule has 0 fully saturated rings. The van der Waals surface area contributed by atoms with E-state index in [1.165, 1.54) is 19.2 Å². The van der Waals surface area contributed by atoms with Crippen molar-refractivity contribution in [1.29, 1.82) is 0 Å². The molecule has 2 aromatic carbocycles. The third-order valence-electron chi connectivity index (χ3n) is 4.15. The van der Waals surface area contributed by atoms with Gasteiger partial charge in [-0.1, -0.05) is 24.3 Å². The number of anilines is 1. The molecule has 1 aliphatic heterocycles. The molecule has 0 saturated carbocycles. The van der Waals surface area contributed by atoms with E-state index in [0.29, 0.717) is 17.9 Å². The summed E-state index contributed by atoms with van der Waals surface area (Å²) >= 11 is 0. The van der Waals surface area contributed by atoms with Crippen molar-refractivity contribution in [1.82, 2.24) is 5.32 Å². The lowest BCUT2D eigenvalue weighted by molar-refractivity contribution is -0.127. The van der Waals surface area contributed by atoms with Gasteiger partial charge >= 0.3 is 0 Å². The fourth-order valence-electron chi connectivity index (χ4n) is 2.81. The zero-order valence-electron chi connectivity index (χ0n) is 13.9. The number of hydrogen-bond donors (Lipinski definition) is 1. The van der Waals surface area contributed by atoms with Crippen molar-refractivity contribution >= 4 is 17.5 Å². The number of para-hydroxylation sites is 2. The lowest BCUT2D eigenvalue weighted by Crippen LogP contribution is -2.50. The first-order chi connectivity index (χ1) is 12.1. The van der Waals surface area contributed by atoms with Gasteiger partial charge in [-0.05, 0) is 36.2 Å². The molecule has 0 unspecified atom stereocenters. The van der Waals surface area contributed by atoms with Crippen LogP contribution in [0.25, 0.3) is 0 Å². The standard InChI is InChI=1S/C19H19FN2O3/c1-21-19(24)17-12-22(15-4-2-3-5-16(15)25-17)18(23)11-8-13-6-9-14(20)10-7-13/h2-7,9-10,17H,8,11-12H2,1H3,(H,21,24)/t17-/m0/s1. The number of likely N-dealkylation sites (N-methyl/N-ethyl adjacent to an activating group) is 1. The number of rotatable bonds is 4. The van der Waals surface area contributed by atoms with Crippen molar-refractivity contribution in [2.75, 3.05) is 18.5 Å². The number of nitrogens with one attached hydrogen (secondary N) is 1. The summed E-state index contributed by atoms with van der Waals surface area (Å²) in [5.41, 5.74) is 1.55. The molecule has 5 nitrogen and oxygen atoms in total. The second-order valence-corrected chi connectivity index (χ2v) is 5.82. The molecule has 3 rings (SSSR count). The molecule has 0 spiro atoms. The van der Waals surface area contributed by atoms with E-state index >= 15 is 0 Å². The van der Waals surface area contributed by atoms with Crippen molar-refractivity contribution in [3.63, 3.8) is 0 Å². The first kappa shape index (κ1) is 17.0. The second-order valence-electron chi connectivity index (χ2n) is 5.82. The summed E-state index contributed by atoms with van der Waals surface area (Å²) in [6.07, 6.45) is 0.0265. The molecular weight excluding hydrogens is 323 g/mol.